The number of nitrogens with one attached hydrogen (secondary N) is 1. The first-order valence-electron chi connectivity index (χ1n) is 4.59. The predicted molar refractivity (Wildman–Crippen MR) is 60.2 cm³/mol. The van der Waals surface area contributed by atoms with E-state index in [4.69, 9.17) is 16.3 Å². The van der Waals surface area contributed by atoms with Crippen LogP contribution in [-0.2, 0) is 6.54 Å². The number of methoxy groups -OCH3 is 1. The zero-order valence-electron chi connectivity index (χ0n) is 9.07. The molecule has 0 spiro atoms. The first-order chi connectivity index (χ1) is 6.61. The number of benzene rings is 1. The molecule has 0 aromatic heterocycles. The third kappa shape index (κ3) is 2.02. The lowest BCUT2D eigenvalue weighted by Crippen LogP contribution is -2.09. The summed E-state index contributed by atoms with van der Waals surface area (Å²) in [7, 11) is 3.56. The minimum atomic E-state index is 0.681. The maximum absolute atomic E-state index is 6.09. The maximum atomic E-state index is 6.09. The van der Waals surface area contributed by atoms with Crippen LogP contribution in [0.2, 0.25) is 5.02 Å². The summed E-state index contributed by atoms with van der Waals surface area (Å²) < 4.78 is 5.29. The van der Waals surface area contributed by atoms with E-state index in [0.29, 0.717) is 5.02 Å². The van der Waals surface area contributed by atoms with Gasteiger partial charge in [0.05, 0.1) is 12.1 Å². The summed E-state index contributed by atoms with van der Waals surface area (Å²) >= 11 is 6.09. The first kappa shape index (κ1) is 11.3. The molecular formula is C11H16ClNO. The van der Waals surface area contributed by atoms with E-state index in [1.54, 1.807) is 7.11 Å². The highest BCUT2D eigenvalue weighted by Crippen LogP contribution is 2.33. The van der Waals surface area contributed by atoms with Gasteiger partial charge in [0.15, 0.2) is 0 Å². The summed E-state index contributed by atoms with van der Waals surface area (Å²) in [6, 6.07) is 1.94. The van der Waals surface area contributed by atoms with Gasteiger partial charge in [-0.3, -0.25) is 0 Å². The van der Waals surface area contributed by atoms with Crippen molar-refractivity contribution >= 4 is 11.6 Å². The minimum absolute atomic E-state index is 0.681. The van der Waals surface area contributed by atoms with E-state index in [2.05, 4.69) is 19.2 Å². The van der Waals surface area contributed by atoms with Crippen molar-refractivity contribution in [2.45, 2.75) is 20.4 Å². The minimum Gasteiger partial charge on any atom is -0.495 e. The molecule has 78 valence electrons. The molecule has 0 aliphatic carbocycles. The van der Waals surface area contributed by atoms with Gasteiger partial charge in [-0.1, -0.05) is 11.6 Å². The zero-order chi connectivity index (χ0) is 10.7. The summed E-state index contributed by atoms with van der Waals surface area (Å²) in [5, 5.41) is 3.80. The van der Waals surface area contributed by atoms with Crippen LogP contribution in [0.15, 0.2) is 6.07 Å². The Hall–Kier alpha value is -0.730. The Morgan fingerprint density at radius 3 is 2.57 bits per heavy atom. The standard InChI is InChI=1S/C11H16ClNO/c1-7-5-10(12)11(14-4)9(6-13-3)8(7)2/h5,13H,6H2,1-4H3. The highest BCUT2D eigenvalue weighted by molar-refractivity contribution is 6.32. The van der Waals surface area contributed by atoms with Crippen molar-refractivity contribution in [3.05, 3.63) is 27.8 Å². The van der Waals surface area contributed by atoms with E-state index in [1.807, 2.05) is 13.1 Å². The van der Waals surface area contributed by atoms with E-state index < -0.39 is 0 Å². The van der Waals surface area contributed by atoms with Gasteiger partial charge in [-0.25, -0.2) is 0 Å². The molecule has 0 aliphatic heterocycles. The second kappa shape index (κ2) is 4.67. The highest BCUT2D eigenvalue weighted by Gasteiger charge is 2.12. The van der Waals surface area contributed by atoms with Gasteiger partial charge in [0.2, 0.25) is 0 Å². The summed E-state index contributed by atoms with van der Waals surface area (Å²) in [6.45, 7) is 4.91. The highest BCUT2D eigenvalue weighted by atomic mass is 35.5. The maximum Gasteiger partial charge on any atom is 0.142 e. The van der Waals surface area contributed by atoms with Crippen molar-refractivity contribution < 1.29 is 4.74 Å². The van der Waals surface area contributed by atoms with Crippen LogP contribution in [0.25, 0.3) is 0 Å². The van der Waals surface area contributed by atoms with Crippen LogP contribution in [-0.4, -0.2) is 14.2 Å². The average molecular weight is 214 g/mol. The summed E-state index contributed by atoms with van der Waals surface area (Å²) in [4.78, 5) is 0. The molecule has 1 aromatic rings. The molecule has 0 saturated carbocycles. The monoisotopic (exact) mass is 213 g/mol. The van der Waals surface area contributed by atoms with Gasteiger partial charge in [0.1, 0.15) is 5.75 Å². The molecule has 0 fully saturated rings. The molecule has 0 aliphatic rings. The van der Waals surface area contributed by atoms with Gasteiger partial charge in [-0.2, -0.15) is 0 Å². The van der Waals surface area contributed by atoms with Crippen LogP contribution < -0.4 is 10.1 Å². The first-order valence-corrected chi connectivity index (χ1v) is 4.96. The molecule has 14 heavy (non-hydrogen) atoms. The van der Waals surface area contributed by atoms with Crippen LogP contribution in [0, 0.1) is 13.8 Å². The topological polar surface area (TPSA) is 21.3 Å². The van der Waals surface area contributed by atoms with Crippen LogP contribution in [0.3, 0.4) is 0 Å². The predicted octanol–water partition coefficient (Wildman–Crippen LogP) is 2.68. The summed E-state index contributed by atoms with van der Waals surface area (Å²) in [6.07, 6.45) is 0. The lowest BCUT2D eigenvalue weighted by molar-refractivity contribution is 0.408. The number of hydrogen-bond acceptors (Lipinski definition) is 2. The number of hydrogen-bond donors (Lipinski definition) is 1. The van der Waals surface area contributed by atoms with Crippen molar-refractivity contribution in [3.8, 4) is 5.75 Å². The van der Waals surface area contributed by atoms with Gasteiger partial charge in [-0.15, -0.1) is 0 Å². The fraction of sp³-hybridized carbons (Fsp3) is 0.455. The van der Waals surface area contributed by atoms with Gasteiger partial charge < -0.3 is 10.1 Å². The third-order valence-corrected chi connectivity index (χ3v) is 2.72. The molecule has 2 nitrogen and oxygen atoms in total. The molecule has 0 bridgehead atoms. The number of ether oxygens (including phenoxy) is 1. The molecule has 0 saturated heterocycles. The van der Waals surface area contributed by atoms with E-state index in [9.17, 15) is 0 Å². The second-order valence-electron chi connectivity index (χ2n) is 3.34. The van der Waals surface area contributed by atoms with Crippen LogP contribution >= 0.6 is 11.6 Å². The zero-order valence-corrected chi connectivity index (χ0v) is 9.83. The lowest BCUT2D eigenvalue weighted by Gasteiger charge is -2.15. The van der Waals surface area contributed by atoms with E-state index in [-0.39, 0.29) is 0 Å². The second-order valence-corrected chi connectivity index (χ2v) is 3.75. The number of aryl methyl sites for hydroxylation is 1. The molecule has 1 N–H and O–H groups in total. The fourth-order valence-electron chi connectivity index (χ4n) is 1.53. The molecule has 1 aromatic carbocycles. The van der Waals surface area contributed by atoms with Crippen LogP contribution in [0.5, 0.6) is 5.75 Å². The SMILES string of the molecule is CNCc1c(C)c(C)cc(Cl)c1OC. The van der Waals surface area contributed by atoms with Crippen LogP contribution in [0.4, 0.5) is 0 Å². The smallest absolute Gasteiger partial charge is 0.142 e. The molecule has 0 heterocycles. The quantitative estimate of drug-likeness (QED) is 0.834. The van der Waals surface area contributed by atoms with Gasteiger partial charge in [0, 0.05) is 12.1 Å². The molecule has 0 radical (unpaired) electrons. The van der Waals surface area contributed by atoms with Crippen molar-refractivity contribution in [2.75, 3.05) is 14.2 Å². The normalized spacial score (nSPS) is 10.4. The van der Waals surface area contributed by atoms with Gasteiger partial charge >= 0.3 is 0 Å². The summed E-state index contributed by atoms with van der Waals surface area (Å²) in [5.41, 5.74) is 3.57. The van der Waals surface area contributed by atoms with Crippen LogP contribution in [0.1, 0.15) is 16.7 Å². The van der Waals surface area contributed by atoms with Crippen molar-refractivity contribution in [2.24, 2.45) is 0 Å². The number of halogens is 1. The Bertz CT molecular complexity index is 337. The van der Waals surface area contributed by atoms with Gasteiger partial charge in [0.25, 0.3) is 0 Å². The lowest BCUT2D eigenvalue weighted by atomic mass is 10.0. The Kier molecular flexibility index (Phi) is 3.78. The molecule has 0 atom stereocenters. The Labute approximate surface area is 90.2 Å². The summed E-state index contributed by atoms with van der Waals surface area (Å²) in [5.74, 6) is 0.782. The van der Waals surface area contributed by atoms with Crippen molar-refractivity contribution in [1.82, 2.24) is 5.32 Å². The Morgan fingerprint density at radius 2 is 2.07 bits per heavy atom. The Morgan fingerprint density at radius 1 is 1.43 bits per heavy atom. The van der Waals surface area contributed by atoms with Crippen molar-refractivity contribution in [3.63, 3.8) is 0 Å². The average Bonchev–Trinajstić information content (AvgIpc) is 2.14. The van der Waals surface area contributed by atoms with Crippen molar-refractivity contribution in [1.29, 1.82) is 0 Å². The molecule has 1 rings (SSSR count). The molecular weight excluding hydrogens is 198 g/mol. The van der Waals surface area contributed by atoms with E-state index >= 15 is 0 Å². The molecule has 0 amide bonds. The third-order valence-electron chi connectivity index (χ3n) is 2.44. The largest absolute Gasteiger partial charge is 0.495 e. The fourth-order valence-corrected chi connectivity index (χ4v) is 1.88. The molecule has 3 heteroatoms. The van der Waals surface area contributed by atoms with E-state index in [0.717, 1.165) is 17.9 Å². The Balaban J connectivity index is 3.32. The van der Waals surface area contributed by atoms with E-state index in [1.165, 1.54) is 11.1 Å². The van der Waals surface area contributed by atoms with Gasteiger partial charge in [-0.05, 0) is 38.1 Å². The molecule has 0 unspecified atom stereocenters. The number of rotatable bonds is 3.